The monoisotopic (exact) mass is 669 g/mol. The number of anilines is 1. The van der Waals surface area contributed by atoms with Gasteiger partial charge in [-0.05, 0) is 47.0 Å². The Morgan fingerprint density at radius 1 is 0.458 bits per heavy atom. The second-order valence-electron chi connectivity index (χ2n) is 11.5. The van der Waals surface area contributed by atoms with Crippen LogP contribution in [0.4, 0.5) is 49.6 Å². The van der Waals surface area contributed by atoms with Crippen molar-refractivity contribution in [2.45, 2.75) is 19.9 Å². The molecule has 0 aliphatic rings. The Kier molecular flexibility index (Phi) is 8.39. The highest BCUT2D eigenvalue weighted by Gasteiger charge is 2.42. The van der Waals surface area contributed by atoms with Crippen LogP contribution in [0.25, 0.3) is 32.7 Å². The van der Waals surface area contributed by atoms with E-state index in [9.17, 15) is 26.3 Å². The van der Waals surface area contributed by atoms with E-state index in [-0.39, 0.29) is 11.6 Å². The van der Waals surface area contributed by atoms with Crippen LogP contribution in [0.5, 0.6) is 0 Å². The molecule has 0 aliphatic carbocycles. The zero-order chi connectivity index (χ0) is 34.8. The Hall–Kier alpha value is -5.00. The van der Waals surface area contributed by atoms with Crippen molar-refractivity contribution in [3.63, 3.8) is 0 Å². The minimum Gasteiger partial charge on any atom is -0.372 e. The molecule has 0 N–H and O–H groups in total. The largest absolute Gasteiger partial charge is 0.372 e. The van der Waals surface area contributed by atoms with Crippen molar-refractivity contribution in [2.75, 3.05) is 11.9 Å². The molecule has 6 aromatic carbocycles. The van der Waals surface area contributed by atoms with Gasteiger partial charge in [-0.2, -0.15) is 0 Å². The van der Waals surface area contributed by atoms with Crippen LogP contribution in [-0.4, -0.2) is 19.8 Å². The molecule has 0 aromatic heterocycles. The third-order valence-corrected chi connectivity index (χ3v) is 8.65. The van der Waals surface area contributed by atoms with Crippen molar-refractivity contribution < 1.29 is 43.9 Å². The number of fused-ring (bicyclic) bond motifs is 2. The summed E-state index contributed by atoms with van der Waals surface area (Å²) in [5, 5.41) is 1.92. The average Bonchev–Trinajstić information content (AvgIpc) is 3.09. The highest BCUT2D eigenvalue weighted by atomic mass is 19.2. The summed E-state index contributed by atoms with van der Waals surface area (Å²) in [6.07, 6.45) is 0. The lowest BCUT2D eigenvalue weighted by Crippen LogP contribution is -2.58. The number of rotatable bonds is 6. The molecule has 6 rings (SSSR count). The molecule has 0 unspecified atom stereocenters. The average molecular weight is 669 g/mol. The van der Waals surface area contributed by atoms with Gasteiger partial charge in [-0.1, -0.05) is 72.2 Å². The van der Waals surface area contributed by atoms with Gasteiger partial charge in [0.05, 0.1) is 0 Å². The molecule has 244 valence electrons. The Labute approximate surface area is 268 Å². The van der Waals surface area contributed by atoms with Crippen molar-refractivity contribution in [2.24, 2.45) is 0 Å². The lowest BCUT2D eigenvalue weighted by Gasteiger charge is -2.30. The van der Waals surface area contributed by atoms with E-state index in [1.165, 1.54) is 6.07 Å². The van der Waals surface area contributed by atoms with Crippen LogP contribution in [0.1, 0.15) is 13.8 Å². The fourth-order valence-corrected chi connectivity index (χ4v) is 6.11. The SMILES string of the molecule is CC(C)N(C)c1ccc2ccccc2c1-c1c(B(c2c(F)c(F)c(F)c(F)c2F)c2c(F)c(F)c(F)c(F)c2F)ccc2ccccc12. The van der Waals surface area contributed by atoms with Crippen molar-refractivity contribution >= 4 is 50.3 Å². The molecule has 12 heteroatoms. The summed E-state index contributed by atoms with van der Waals surface area (Å²) in [4.78, 5) is 1.82. The van der Waals surface area contributed by atoms with Crippen LogP contribution in [0.2, 0.25) is 0 Å². The Morgan fingerprint density at radius 2 is 0.833 bits per heavy atom. The minimum absolute atomic E-state index is 0.00489. The van der Waals surface area contributed by atoms with Gasteiger partial charge in [0.15, 0.2) is 58.2 Å². The summed E-state index contributed by atoms with van der Waals surface area (Å²) in [6, 6.07) is 19.1. The standard InChI is InChI=1S/C36H22BF10N/c1-16(2)48(3)22-15-13-18-9-5-7-11-20(18)24(22)23-19-10-6-4-8-17(19)12-14-21(23)37(25-27(38)31(42)35(46)32(43)28(25)39)26-29(40)33(44)36(47)34(45)30(26)41/h4-16H,1-3H3. The summed E-state index contributed by atoms with van der Waals surface area (Å²) >= 11 is 0. The quantitative estimate of drug-likeness (QED) is 0.0746. The van der Waals surface area contributed by atoms with Crippen molar-refractivity contribution in [1.82, 2.24) is 0 Å². The maximum atomic E-state index is 15.7. The molecule has 0 spiro atoms. The molecule has 0 heterocycles. The molecule has 0 aliphatic heterocycles. The van der Waals surface area contributed by atoms with Gasteiger partial charge in [0.2, 0.25) is 0 Å². The highest BCUT2D eigenvalue weighted by Crippen LogP contribution is 2.41. The molecular formula is C36H22BF10N. The van der Waals surface area contributed by atoms with Crippen molar-refractivity contribution in [3.8, 4) is 11.1 Å². The van der Waals surface area contributed by atoms with Gasteiger partial charge in [-0.3, -0.25) is 0 Å². The third-order valence-electron chi connectivity index (χ3n) is 8.65. The van der Waals surface area contributed by atoms with E-state index in [1.807, 2.05) is 18.7 Å². The van der Waals surface area contributed by atoms with Crippen molar-refractivity contribution in [3.05, 3.63) is 131 Å². The first-order chi connectivity index (χ1) is 22.8. The van der Waals surface area contributed by atoms with Crippen LogP contribution < -0.4 is 21.3 Å². The van der Waals surface area contributed by atoms with Crippen LogP contribution in [0.15, 0.2) is 72.8 Å². The Balaban J connectivity index is 1.91. The van der Waals surface area contributed by atoms with E-state index >= 15 is 17.6 Å². The van der Waals surface area contributed by atoms with Gasteiger partial charge < -0.3 is 4.90 Å². The maximum absolute atomic E-state index is 15.7. The molecule has 1 nitrogen and oxygen atoms in total. The molecule has 0 fully saturated rings. The van der Waals surface area contributed by atoms with E-state index in [2.05, 4.69) is 0 Å². The highest BCUT2D eigenvalue weighted by molar-refractivity contribution is 6.96. The topological polar surface area (TPSA) is 3.24 Å². The summed E-state index contributed by atoms with van der Waals surface area (Å²) in [5.41, 5.74) is -3.29. The summed E-state index contributed by atoms with van der Waals surface area (Å²) in [5.74, 6) is -25.0. The Bertz CT molecular complexity index is 2140. The molecule has 0 saturated carbocycles. The van der Waals surface area contributed by atoms with Gasteiger partial charge in [-0.25, -0.2) is 43.9 Å². The molecule has 0 bridgehead atoms. The van der Waals surface area contributed by atoms with Crippen LogP contribution in [0.3, 0.4) is 0 Å². The first kappa shape index (κ1) is 32.9. The van der Waals surface area contributed by atoms with Gasteiger partial charge in [-0.15, -0.1) is 0 Å². The first-order valence-corrected chi connectivity index (χ1v) is 14.6. The summed E-state index contributed by atoms with van der Waals surface area (Å²) < 4.78 is 151. The van der Waals surface area contributed by atoms with Crippen LogP contribution in [0, 0.1) is 58.2 Å². The van der Waals surface area contributed by atoms with Gasteiger partial charge in [0, 0.05) is 35.3 Å². The smallest absolute Gasteiger partial charge is 0.257 e. The second kappa shape index (κ2) is 12.2. The van der Waals surface area contributed by atoms with Crippen molar-refractivity contribution in [1.29, 1.82) is 0 Å². The first-order valence-electron chi connectivity index (χ1n) is 14.6. The van der Waals surface area contributed by atoms with E-state index in [0.717, 1.165) is 6.07 Å². The lowest BCUT2D eigenvalue weighted by atomic mass is 9.35. The van der Waals surface area contributed by atoms with Gasteiger partial charge >= 0.3 is 0 Å². The van der Waals surface area contributed by atoms with E-state index in [0.29, 0.717) is 32.8 Å². The van der Waals surface area contributed by atoms with Crippen LogP contribution in [-0.2, 0) is 0 Å². The second-order valence-corrected chi connectivity index (χ2v) is 11.5. The predicted octanol–water partition coefficient (Wildman–Crippen LogP) is 8.41. The number of hydrogen-bond donors (Lipinski definition) is 0. The number of benzene rings is 6. The molecule has 48 heavy (non-hydrogen) atoms. The Morgan fingerprint density at radius 3 is 1.27 bits per heavy atom. The molecule has 6 aromatic rings. The number of halogens is 10. The van der Waals surface area contributed by atoms with E-state index in [4.69, 9.17) is 0 Å². The molecule has 0 atom stereocenters. The van der Waals surface area contributed by atoms with Crippen LogP contribution >= 0.6 is 0 Å². The molecule has 0 saturated heterocycles. The molecular weight excluding hydrogens is 647 g/mol. The zero-order valence-corrected chi connectivity index (χ0v) is 25.3. The number of nitrogens with zero attached hydrogens (tertiary/aromatic N) is 1. The zero-order valence-electron chi connectivity index (χ0n) is 25.3. The van der Waals surface area contributed by atoms with E-state index in [1.54, 1.807) is 67.7 Å². The number of hydrogen-bond acceptors (Lipinski definition) is 1. The molecule has 0 amide bonds. The molecule has 0 radical (unpaired) electrons. The minimum atomic E-state index is -2.74. The van der Waals surface area contributed by atoms with E-state index < -0.39 is 81.3 Å². The fourth-order valence-electron chi connectivity index (χ4n) is 6.11. The lowest BCUT2D eigenvalue weighted by molar-refractivity contribution is 0.382. The normalized spacial score (nSPS) is 11.6. The maximum Gasteiger partial charge on any atom is 0.257 e. The summed E-state index contributed by atoms with van der Waals surface area (Å²) in [7, 11) is 1.73. The predicted molar refractivity (Wildman–Crippen MR) is 168 cm³/mol. The summed E-state index contributed by atoms with van der Waals surface area (Å²) in [6.45, 7) is 0.972. The van der Waals surface area contributed by atoms with Gasteiger partial charge in [0.1, 0.15) is 0 Å². The van der Waals surface area contributed by atoms with Gasteiger partial charge in [0.25, 0.3) is 6.71 Å². The fraction of sp³-hybridized carbons (Fsp3) is 0.111. The third kappa shape index (κ3) is 4.96.